The van der Waals surface area contributed by atoms with Crippen molar-refractivity contribution in [2.24, 2.45) is 5.92 Å². The number of nitrogens with one attached hydrogen (secondary N) is 3. The molecule has 2 aliphatic carbocycles. The van der Waals surface area contributed by atoms with Crippen LogP contribution in [-0.4, -0.2) is 77.8 Å². The number of anilines is 1. The first-order valence-electron chi connectivity index (χ1n) is 13.2. The molecule has 1 aromatic carbocycles. The molecule has 0 radical (unpaired) electrons. The van der Waals surface area contributed by atoms with E-state index in [2.05, 4.69) is 32.9 Å². The van der Waals surface area contributed by atoms with E-state index < -0.39 is 5.54 Å². The topological polar surface area (TPSA) is 107 Å². The number of hydrogen-bond acceptors (Lipinski definition) is 7. The van der Waals surface area contributed by atoms with Crippen LogP contribution < -0.4 is 16.0 Å². The number of fused-ring (bicyclic) bond motifs is 1. The Balaban J connectivity index is 1.29. The molecule has 3 unspecified atom stereocenters. The first kappa shape index (κ1) is 26.9. The molecule has 9 nitrogen and oxygen atoms in total. The van der Waals surface area contributed by atoms with Gasteiger partial charge in [-0.15, -0.1) is 11.3 Å². The van der Waals surface area contributed by atoms with Crippen molar-refractivity contribution in [3.05, 3.63) is 44.9 Å². The number of carbonyl (C=O) groups excluding carboxylic acids is 3. The van der Waals surface area contributed by atoms with Crippen molar-refractivity contribution in [1.29, 1.82) is 0 Å². The molecule has 204 valence electrons. The summed E-state index contributed by atoms with van der Waals surface area (Å²) >= 11 is 7.44. The Kier molecular flexibility index (Phi) is 7.66. The van der Waals surface area contributed by atoms with Crippen molar-refractivity contribution in [1.82, 2.24) is 25.4 Å². The van der Waals surface area contributed by atoms with Crippen LogP contribution in [0.3, 0.4) is 0 Å². The fourth-order valence-corrected chi connectivity index (χ4v) is 6.61. The zero-order valence-corrected chi connectivity index (χ0v) is 23.6. The number of amides is 3. The van der Waals surface area contributed by atoms with Gasteiger partial charge in [-0.25, -0.2) is 4.98 Å². The fourth-order valence-electron chi connectivity index (χ4n) is 5.39. The number of benzene rings is 1. The van der Waals surface area contributed by atoms with E-state index >= 15 is 0 Å². The molecule has 3 aliphatic rings. The van der Waals surface area contributed by atoms with Crippen LogP contribution in [0.15, 0.2) is 24.3 Å². The van der Waals surface area contributed by atoms with E-state index in [1.807, 2.05) is 12.1 Å². The molecule has 1 aliphatic heterocycles. The first-order valence-corrected chi connectivity index (χ1v) is 14.4. The highest BCUT2D eigenvalue weighted by Crippen LogP contribution is 2.40. The van der Waals surface area contributed by atoms with Gasteiger partial charge in [0.1, 0.15) is 5.54 Å². The Morgan fingerprint density at radius 1 is 1.11 bits per heavy atom. The van der Waals surface area contributed by atoms with E-state index in [0.717, 1.165) is 48.6 Å². The molecule has 2 fully saturated rings. The summed E-state index contributed by atoms with van der Waals surface area (Å²) in [4.78, 5) is 49.1. The summed E-state index contributed by atoms with van der Waals surface area (Å²) in [5.41, 5.74) is 1.17. The quantitative estimate of drug-likeness (QED) is 0.482. The highest BCUT2D eigenvalue weighted by molar-refractivity contribution is 7.13. The van der Waals surface area contributed by atoms with E-state index in [1.165, 1.54) is 11.3 Å². The largest absolute Gasteiger partial charge is 0.371 e. The fraction of sp³-hybridized carbons (Fsp3) is 0.556. The van der Waals surface area contributed by atoms with Crippen molar-refractivity contribution in [2.45, 2.75) is 62.7 Å². The van der Waals surface area contributed by atoms with Crippen molar-refractivity contribution in [3.8, 4) is 0 Å². The molecule has 38 heavy (non-hydrogen) atoms. The second-order valence-electron chi connectivity index (χ2n) is 11.0. The molecule has 2 heterocycles. The van der Waals surface area contributed by atoms with Crippen LogP contribution in [-0.2, 0) is 22.6 Å². The Morgan fingerprint density at radius 2 is 1.84 bits per heavy atom. The van der Waals surface area contributed by atoms with Gasteiger partial charge in [0.15, 0.2) is 5.01 Å². The lowest BCUT2D eigenvalue weighted by Crippen LogP contribution is -2.58. The van der Waals surface area contributed by atoms with Crippen LogP contribution in [0, 0.1) is 5.92 Å². The number of halogens is 1. The number of aromatic nitrogens is 1. The van der Waals surface area contributed by atoms with Gasteiger partial charge >= 0.3 is 0 Å². The van der Waals surface area contributed by atoms with Gasteiger partial charge in [-0.1, -0.05) is 11.6 Å². The molecule has 1 aromatic heterocycles. The van der Waals surface area contributed by atoms with E-state index in [0.29, 0.717) is 29.3 Å². The number of rotatable bonds is 7. The van der Waals surface area contributed by atoms with Gasteiger partial charge in [0.25, 0.3) is 5.91 Å². The predicted octanol–water partition coefficient (Wildman–Crippen LogP) is 2.90. The van der Waals surface area contributed by atoms with Gasteiger partial charge in [-0.2, -0.15) is 0 Å². The van der Waals surface area contributed by atoms with E-state index in [9.17, 15) is 14.4 Å². The molecule has 5 rings (SSSR count). The Hall–Kier alpha value is -2.69. The number of nitrogens with zero attached hydrogens (tertiary/aromatic N) is 3. The third kappa shape index (κ3) is 5.82. The summed E-state index contributed by atoms with van der Waals surface area (Å²) in [6.45, 7) is 1.72. The zero-order chi connectivity index (χ0) is 27.0. The molecule has 3 atom stereocenters. The maximum atomic E-state index is 13.5. The minimum absolute atomic E-state index is 0.0462. The van der Waals surface area contributed by atoms with Crippen molar-refractivity contribution < 1.29 is 14.4 Å². The van der Waals surface area contributed by atoms with E-state index in [4.69, 9.17) is 11.6 Å². The smallest absolute Gasteiger partial charge is 0.280 e. The van der Waals surface area contributed by atoms with Crippen LogP contribution in [0.25, 0.3) is 0 Å². The van der Waals surface area contributed by atoms with E-state index in [-0.39, 0.29) is 35.7 Å². The number of likely N-dealkylation sites (N-methyl/N-ethyl adjacent to an activating group) is 1. The van der Waals surface area contributed by atoms with Gasteiger partial charge < -0.3 is 25.8 Å². The highest BCUT2D eigenvalue weighted by atomic mass is 35.5. The van der Waals surface area contributed by atoms with Crippen LogP contribution in [0.1, 0.15) is 52.5 Å². The second kappa shape index (κ2) is 10.8. The van der Waals surface area contributed by atoms with Crippen LogP contribution >= 0.6 is 22.9 Å². The van der Waals surface area contributed by atoms with Crippen molar-refractivity contribution in [2.75, 3.05) is 33.0 Å². The zero-order valence-electron chi connectivity index (χ0n) is 22.1. The third-order valence-corrected chi connectivity index (χ3v) is 9.14. The predicted molar refractivity (Wildman–Crippen MR) is 148 cm³/mol. The summed E-state index contributed by atoms with van der Waals surface area (Å²) in [6.07, 6.45) is 4.03. The maximum Gasteiger partial charge on any atom is 0.280 e. The molecule has 11 heteroatoms. The van der Waals surface area contributed by atoms with Gasteiger partial charge in [-0.3, -0.25) is 14.4 Å². The van der Waals surface area contributed by atoms with Gasteiger partial charge in [0, 0.05) is 61.2 Å². The molecule has 0 spiro atoms. The standard InChI is InChI=1S/C27H35ClN6O3S/c1-33(2)25(36)16-4-9-19(31-26(37)27(11-12-27)32-18-7-5-17(28)6-8-18)21(14-16)29-23(35)24-30-20-10-13-34(3)15-22(20)38-24/h5-8,16,19,21,32H,4,9-15H2,1-3H3,(H,29,35)(H,31,37). The molecule has 0 saturated heterocycles. The summed E-state index contributed by atoms with van der Waals surface area (Å²) < 4.78 is 0. The minimum atomic E-state index is -0.668. The number of thiazole rings is 1. The van der Waals surface area contributed by atoms with Crippen LogP contribution in [0.2, 0.25) is 5.02 Å². The highest BCUT2D eigenvalue weighted by Gasteiger charge is 2.51. The summed E-state index contributed by atoms with van der Waals surface area (Å²) in [5, 5.41) is 10.8. The lowest BCUT2D eigenvalue weighted by molar-refractivity contribution is -0.134. The van der Waals surface area contributed by atoms with Crippen LogP contribution in [0.5, 0.6) is 0 Å². The maximum absolute atomic E-state index is 13.5. The summed E-state index contributed by atoms with van der Waals surface area (Å²) in [6, 6.07) is 6.67. The summed E-state index contributed by atoms with van der Waals surface area (Å²) in [7, 11) is 5.56. The third-order valence-electron chi connectivity index (χ3n) is 7.80. The van der Waals surface area contributed by atoms with Gasteiger partial charge in [0.2, 0.25) is 11.8 Å². The van der Waals surface area contributed by atoms with Crippen molar-refractivity contribution in [3.63, 3.8) is 0 Å². The Bertz CT molecular complexity index is 1210. The monoisotopic (exact) mass is 558 g/mol. The molecule has 0 bridgehead atoms. The number of carbonyl (C=O) groups is 3. The first-order chi connectivity index (χ1) is 18.1. The second-order valence-corrected chi connectivity index (χ2v) is 12.5. The lowest BCUT2D eigenvalue weighted by atomic mass is 9.81. The SMILES string of the molecule is CN1CCc2nc(C(=O)NC3CC(C(=O)N(C)C)CCC3NC(=O)C3(Nc4ccc(Cl)cc4)CC3)sc2C1. The molecule has 3 N–H and O–H groups in total. The Morgan fingerprint density at radius 3 is 2.53 bits per heavy atom. The number of hydrogen-bond donors (Lipinski definition) is 3. The van der Waals surface area contributed by atoms with Gasteiger partial charge in [0.05, 0.1) is 11.7 Å². The molecule has 3 amide bonds. The van der Waals surface area contributed by atoms with Crippen molar-refractivity contribution >= 4 is 46.3 Å². The minimum Gasteiger partial charge on any atom is -0.371 e. The normalized spacial score (nSPS) is 24.2. The van der Waals surface area contributed by atoms with E-state index in [1.54, 1.807) is 31.1 Å². The average Bonchev–Trinajstić information content (AvgIpc) is 3.55. The lowest BCUT2D eigenvalue weighted by Gasteiger charge is -2.37. The van der Waals surface area contributed by atoms with Crippen LogP contribution in [0.4, 0.5) is 5.69 Å². The molecular formula is C27H35ClN6O3S. The molecule has 2 saturated carbocycles. The summed E-state index contributed by atoms with van der Waals surface area (Å²) in [5.74, 6) is -0.481. The van der Waals surface area contributed by atoms with Gasteiger partial charge in [-0.05, 0) is 63.4 Å². The average molecular weight is 559 g/mol. The Labute approximate surface area is 232 Å². The molecule has 2 aromatic rings. The molecular weight excluding hydrogens is 524 g/mol.